The van der Waals surface area contributed by atoms with Gasteiger partial charge in [-0.15, -0.1) is 11.8 Å². The molecule has 164 valence electrons. The number of ether oxygens (including phenoxy) is 2. The topological polar surface area (TPSA) is 122 Å². The van der Waals surface area contributed by atoms with Gasteiger partial charge in [-0.1, -0.05) is 0 Å². The molecule has 30 heavy (non-hydrogen) atoms. The predicted molar refractivity (Wildman–Crippen MR) is 109 cm³/mol. The molecule has 2 aliphatic heterocycles. The number of nitrogens with one attached hydrogen (secondary N) is 1. The minimum atomic E-state index is -3.62. The maximum Gasteiger partial charge on any atom is 0.326 e. The number of benzene rings is 1. The lowest BCUT2D eigenvalue weighted by Gasteiger charge is -2.26. The first-order valence-corrected chi connectivity index (χ1v) is 11.9. The molecule has 2 aliphatic rings. The van der Waals surface area contributed by atoms with E-state index in [9.17, 15) is 22.8 Å². The van der Waals surface area contributed by atoms with Gasteiger partial charge in [-0.25, -0.2) is 8.42 Å². The van der Waals surface area contributed by atoms with Gasteiger partial charge in [-0.05, 0) is 31.2 Å². The van der Waals surface area contributed by atoms with Gasteiger partial charge in [0.15, 0.2) is 6.10 Å². The minimum absolute atomic E-state index is 0.120. The zero-order chi connectivity index (χ0) is 21.7. The number of morpholine rings is 1. The third-order valence-corrected chi connectivity index (χ3v) is 7.41. The quantitative estimate of drug-likeness (QED) is 0.573. The third kappa shape index (κ3) is 5.50. The summed E-state index contributed by atoms with van der Waals surface area (Å²) in [5, 5.41) is 2.58. The van der Waals surface area contributed by atoms with Crippen LogP contribution in [0.1, 0.15) is 6.92 Å². The third-order valence-electron chi connectivity index (χ3n) is 4.55. The van der Waals surface area contributed by atoms with E-state index in [1.807, 2.05) is 0 Å². The zero-order valence-electron chi connectivity index (χ0n) is 16.4. The fraction of sp³-hybridized carbons (Fsp3) is 0.500. The Hall–Kier alpha value is -2.15. The number of esters is 1. The van der Waals surface area contributed by atoms with Crippen molar-refractivity contribution in [2.45, 2.75) is 17.9 Å². The van der Waals surface area contributed by atoms with Crippen LogP contribution in [0.3, 0.4) is 0 Å². The summed E-state index contributed by atoms with van der Waals surface area (Å²) in [5.41, 5.74) is 0.370. The molecule has 1 aromatic rings. The fourth-order valence-corrected chi connectivity index (χ4v) is 5.19. The molecular weight excluding hydrogens is 434 g/mol. The number of nitrogens with zero attached hydrogens (tertiary/aromatic N) is 2. The lowest BCUT2D eigenvalue weighted by atomic mass is 10.3. The number of carbonyl (C=O) groups is 3. The molecule has 2 amide bonds. The largest absolute Gasteiger partial charge is 0.451 e. The Morgan fingerprint density at radius 2 is 1.90 bits per heavy atom. The summed E-state index contributed by atoms with van der Waals surface area (Å²) in [6.45, 7) is 2.53. The van der Waals surface area contributed by atoms with E-state index in [2.05, 4.69) is 5.32 Å². The fourth-order valence-electron chi connectivity index (χ4n) is 2.87. The van der Waals surface area contributed by atoms with E-state index in [1.165, 1.54) is 52.2 Å². The first-order valence-electron chi connectivity index (χ1n) is 9.31. The van der Waals surface area contributed by atoms with Gasteiger partial charge in [0.2, 0.25) is 15.9 Å². The first kappa shape index (κ1) is 22.5. The molecule has 1 aromatic carbocycles. The molecule has 2 saturated heterocycles. The molecule has 0 spiro atoms. The number of hydrogen-bond donors (Lipinski definition) is 1. The molecule has 2 fully saturated rings. The van der Waals surface area contributed by atoms with Gasteiger partial charge in [-0.3, -0.25) is 14.4 Å². The highest BCUT2D eigenvalue weighted by Gasteiger charge is 2.27. The maximum absolute atomic E-state index is 12.6. The van der Waals surface area contributed by atoms with E-state index in [4.69, 9.17) is 9.47 Å². The van der Waals surface area contributed by atoms with Crippen LogP contribution in [0.4, 0.5) is 5.69 Å². The van der Waals surface area contributed by atoms with E-state index in [0.717, 1.165) is 0 Å². The average Bonchev–Trinajstić information content (AvgIpc) is 3.13. The van der Waals surface area contributed by atoms with E-state index in [0.29, 0.717) is 43.6 Å². The van der Waals surface area contributed by atoms with Gasteiger partial charge < -0.3 is 19.7 Å². The summed E-state index contributed by atoms with van der Waals surface area (Å²) in [6, 6.07) is 5.77. The van der Waals surface area contributed by atoms with Crippen molar-refractivity contribution >= 4 is 45.3 Å². The lowest BCUT2D eigenvalue weighted by Crippen LogP contribution is -2.40. The van der Waals surface area contributed by atoms with Gasteiger partial charge in [-0.2, -0.15) is 4.31 Å². The molecule has 0 saturated carbocycles. The second-order valence-corrected chi connectivity index (χ2v) is 9.62. The smallest absolute Gasteiger partial charge is 0.326 e. The molecule has 0 aliphatic carbocycles. The normalized spacial score (nSPS) is 18.8. The number of amides is 2. The first-order chi connectivity index (χ1) is 14.3. The summed E-state index contributed by atoms with van der Waals surface area (Å²) in [7, 11) is -3.62. The van der Waals surface area contributed by atoms with Crippen LogP contribution >= 0.6 is 11.8 Å². The van der Waals surface area contributed by atoms with Gasteiger partial charge in [0.1, 0.15) is 6.54 Å². The average molecular weight is 458 g/mol. The van der Waals surface area contributed by atoms with Gasteiger partial charge >= 0.3 is 5.97 Å². The Labute approximate surface area is 178 Å². The van der Waals surface area contributed by atoms with E-state index >= 15 is 0 Å². The Morgan fingerprint density at radius 1 is 1.23 bits per heavy atom. The summed E-state index contributed by atoms with van der Waals surface area (Å²) in [4.78, 5) is 37.2. The van der Waals surface area contributed by atoms with Crippen LogP contribution in [0.25, 0.3) is 0 Å². The molecule has 1 unspecified atom stereocenters. The van der Waals surface area contributed by atoms with Crippen molar-refractivity contribution in [3.05, 3.63) is 24.3 Å². The zero-order valence-corrected chi connectivity index (χ0v) is 18.0. The molecule has 3 rings (SSSR count). The number of hydrogen-bond acceptors (Lipinski definition) is 8. The van der Waals surface area contributed by atoms with Crippen molar-refractivity contribution in [3.63, 3.8) is 0 Å². The summed E-state index contributed by atoms with van der Waals surface area (Å²) < 4.78 is 36.8. The van der Waals surface area contributed by atoms with Crippen molar-refractivity contribution in [2.24, 2.45) is 0 Å². The molecule has 0 aromatic heterocycles. The Bertz CT molecular complexity index is 899. The predicted octanol–water partition coefficient (Wildman–Crippen LogP) is 0.111. The Balaban J connectivity index is 1.53. The van der Waals surface area contributed by atoms with Crippen molar-refractivity contribution < 1.29 is 32.3 Å². The van der Waals surface area contributed by atoms with Crippen LogP contribution in [-0.4, -0.2) is 86.0 Å². The van der Waals surface area contributed by atoms with Crippen LogP contribution in [0.15, 0.2) is 29.2 Å². The monoisotopic (exact) mass is 457 g/mol. The van der Waals surface area contributed by atoms with Crippen molar-refractivity contribution in [1.29, 1.82) is 0 Å². The molecule has 10 nitrogen and oxygen atoms in total. The van der Waals surface area contributed by atoms with E-state index < -0.39 is 28.0 Å². The number of rotatable bonds is 7. The van der Waals surface area contributed by atoms with Crippen molar-refractivity contribution in [3.8, 4) is 0 Å². The molecule has 0 radical (unpaired) electrons. The molecule has 2 heterocycles. The van der Waals surface area contributed by atoms with Crippen LogP contribution in [0.2, 0.25) is 0 Å². The summed E-state index contributed by atoms with van der Waals surface area (Å²) in [5.74, 6) is -0.606. The van der Waals surface area contributed by atoms with Crippen LogP contribution < -0.4 is 5.32 Å². The Kier molecular flexibility index (Phi) is 7.34. The van der Waals surface area contributed by atoms with E-state index in [1.54, 1.807) is 0 Å². The molecule has 1 atom stereocenters. The highest BCUT2D eigenvalue weighted by atomic mass is 32.2. The second-order valence-electron chi connectivity index (χ2n) is 6.73. The number of thioether (sulfide) groups is 1. The highest BCUT2D eigenvalue weighted by molar-refractivity contribution is 8.00. The lowest BCUT2D eigenvalue weighted by molar-refractivity contribution is -0.155. The SMILES string of the molecule is CC(OC(=O)CN1CSCC1=O)C(=O)Nc1ccc(S(=O)(=O)N2CCOCC2)cc1. The van der Waals surface area contributed by atoms with Crippen LogP contribution in [0.5, 0.6) is 0 Å². The summed E-state index contributed by atoms with van der Waals surface area (Å²) in [6.07, 6.45) is -1.07. The van der Waals surface area contributed by atoms with Gasteiger partial charge in [0.05, 0.1) is 29.7 Å². The second kappa shape index (κ2) is 9.77. The molecule has 12 heteroatoms. The van der Waals surface area contributed by atoms with Gasteiger partial charge in [0, 0.05) is 18.8 Å². The van der Waals surface area contributed by atoms with Gasteiger partial charge in [0.25, 0.3) is 5.91 Å². The van der Waals surface area contributed by atoms with Crippen LogP contribution in [0, 0.1) is 0 Å². The minimum Gasteiger partial charge on any atom is -0.451 e. The molecule has 1 N–H and O–H groups in total. The number of sulfonamides is 1. The van der Waals surface area contributed by atoms with E-state index in [-0.39, 0.29) is 17.3 Å². The maximum atomic E-state index is 12.6. The van der Waals surface area contributed by atoms with Crippen molar-refractivity contribution in [2.75, 3.05) is 49.8 Å². The number of carbonyl (C=O) groups excluding carboxylic acids is 3. The number of anilines is 1. The van der Waals surface area contributed by atoms with Crippen molar-refractivity contribution in [1.82, 2.24) is 9.21 Å². The Morgan fingerprint density at radius 3 is 2.50 bits per heavy atom. The van der Waals surface area contributed by atoms with Crippen LogP contribution in [-0.2, 0) is 33.9 Å². The highest BCUT2D eigenvalue weighted by Crippen LogP contribution is 2.20. The standard InChI is InChI=1S/C18H23N3O7S2/c1-13(28-17(23)10-20-12-29-11-16(20)22)18(24)19-14-2-4-15(5-3-14)30(25,26)21-6-8-27-9-7-21/h2-5,13H,6-12H2,1H3,(H,19,24). The molecule has 0 bridgehead atoms. The summed E-state index contributed by atoms with van der Waals surface area (Å²) >= 11 is 1.41. The molecular formula is C18H23N3O7S2.